The summed E-state index contributed by atoms with van der Waals surface area (Å²) in [4.78, 5) is 11.8. The molecule has 0 radical (unpaired) electrons. The molecule has 7 nitrogen and oxygen atoms in total. The number of carbonyl (C=O) groups is 1. The number of alkyl halides is 3. The summed E-state index contributed by atoms with van der Waals surface area (Å²) < 4.78 is 39.8. The average molecular weight is 390 g/mol. The zero-order valence-corrected chi connectivity index (χ0v) is 14.6. The lowest BCUT2D eigenvalue weighted by Gasteiger charge is -2.11. The van der Waals surface area contributed by atoms with Gasteiger partial charge in [0.1, 0.15) is 5.82 Å². The maximum atomic E-state index is 12.7. The van der Waals surface area contributed by atoms with Gasteiger partial charge in [0.15, 0.2) is 5.82 Å². The van der Waals surface area contributed by atoms with Crippen LogP contribution in [0.25, 0.3) is 5.82 Å². The van der Waals surface area contributed by atoms with Gasteiger partial charge in [-0.25, -0.2) is 4.79 Å². The number of hydrogen-bond acceptors (Lipinski definition) is 4. The molecular formula is C18H17F3N6O. The molecule has 0 fully saturated rings. The van der Waals surface area contributed by atoms with Gasteiger partial charge in [0.25, 0.3) is 0 Å². The molecule has 1 aromatic carbocycles. The zero-order chi connectivity index (χ0) is 20.0. The molecule has 3 N–H and O–H groups in total. The smallest absolute Gasteiger partial charge is 0.367 e. The fraction of sp³-hybridized carbons (Fsp3) is 0.167. The summed E-state index contributed by atoms with van der Waals surface area (Å²) in [5, 5.41) is 16.0. The maximum absolute atomic E-state index is 12.7. The largest absolute Gasteiger partial charge is 0.416 e. The van der Waals surface area contributed by atoms with Gasteiger partial charge in [0.05, 0.1) is 5.56 Å². The number of halogens is 3. The van der Waals surface area contributed by atoms with Gasteiger partial charge in [0.2, 0.25) is 0 Å². The van der Waals surface area contributed by atoms with E-state index in [0.717, 1.165) is 12.1 Å². The highest BCUT2D eigenvalue weighted by molar-refractivity contribution is 5.89. The van der Waals surface area contributed by atoms with Crippen molar-refractivity contribution in [2.45, 2.75) is 6.18 Å². The molecule has 0 aliphatic carbocycles. The molecule has 0 saturated carbocycles. The number of amides is 2. The van der Waals surface area contributed by atoms with E-state index in [0.29, 0.717) is 18.2 Å². The van der Waals surface area contributed by atoms with Crippen molar-refractivity contribution in [3.05, 3.63) is 66.5 Å². The van der Waals surface area contributed by atoms with Crippen LogP contribution in [0, 0.1) is 0 Å². The molecular weight excluding hydrogens is 373 g/mol. The van der Waals surface area contributed by atoms with E-state index in [-0.39, 0.29) is 12.2 Å². The van der Waals surface area contributed by atoms with E-state index in [2.05, 4.69) is 26.1 Å². The van der Waals surface area contributed by atoms with Crippen molar-refractivity contribution in [1.29, 1.82) is 0 Å². The summed E-state index contributed by atoms with van der Waals surface area (Å²) in [6.07, 6.45) is -0.760. The number of benzene rings is 1. The SMILES string of the molecule is O=C(NCCNc1ccc(-n2cccc2)nn1)Nc1cccc(C(F)(F)F)c1. The molecule has 0 atom stereocenters. The van der Waals surface area contributed by atoms with E-state index in [4.69, 9.17) is 0 Å². The first-order valence-electron chi connectivity index (χ1n) is 8.35. The molecule has 10 heteroatoms. The molecule has 3 aromatic rings. The summed E-state index contributed by atoms with van der Waals surface area (Å²) >= 11 is 0. The van der Waals surface area contributed by atoms with Gasteiger partial charge >= 0.3 is 12.2 Å². The van der Waals surface area contributed by atoms with Crippen molar-refractivity contribution in [2.24, 2.45) is 0 Å². The highest BCUT2D eigenvalue weighted by Gasteiger charge is 2.30. The molecule has 0 bridgehead atoms. The van der Waals surface area contributed by atoms with Gasteiger partial charge in [-0.3, -0.25) is 0 Å². The Labute approximate surface area is 158 Å². The number of anilines is 2. The van der Waals surface area contributed by atoms with Gasteiger partial charge in [-0.05, 0) is 42.5 Å². The third-order valence-corrected chi connectivity index (χ3v) is 3.68. The van der Waals surface area contributed by atoms with Crippen LogP contribution < -0.4 is 16.0 Å². The predicted molar refractivity (Wildman–Crippen MR) is 98.3 cm³/mol. The van der Waals surface area contributed by atoms with Crippen LogP contribution in [-0.2, 0) is 6.18 Å². The lowest BCUT2D eigenvalue weighted by molar-refractivity contribution is -0.137. The minimum absolute atomic E-state index is 0.0618. The molecule has 2 amide bonds. The third-order valence-electron chi connectivity index (χ3n) is 3.68. The van der Waals surface area contributed by atoms with Crippen LogP contribution in [0.1, 0.15) is 5.56 Å². The number of hydrogen-bond donors (Lipinski definition) is 3. The van der Waals surface area contributed by atoms with Gasteiger partial charge in [-0.2, -0.15) is 13.2 Å². The van der Waals surface area contributed by atoms with E-state index in [1.807, 2.05) is 29.1 Å². The second-order valence-corrected chi connectivity index (χ2v) is 5.75. The first-order valence-corrected chi connectivity index (χ1v) is 8.35. The Bertz CT molecular complexity index is 910. The Hall–Kier alpha value is -3.56. The Morgan fingerprint density at radius 1 is 1.00 bits per heavy atom. The molecule has 0 spiro atoms. The van der Waals surface area contributed by atoms with Crippen LogP contribution in [0.15, 0.2) is 60.9 Å². The summed E-state index contributed by atoms with van der Waals surface area (Å²) in [6.45, 7) is 0.611. The number of rotatable bonds is 6. The maximum Gasteiger partial charge on any atom is 0.416 e. The topological polar surface area (TPSA) is 83.9 Å². The number of carbonyl (C=O) groups excluding carboxylic acids is 1. The summed E-state index contributed by atoms with van der Waals surface area (Å²) in [5.74, 6) is 1.21. The molecule has 0 aliphatic rings. The highest BCUT2D eigenvalue weighted by atomic mass is 19.4. The van der Waals surface area contributed by atoms with Gasteiger partial charge in [-0.1, -0.05) is 6.07 Å². The number of aromatic nitrogens is 3. The monoisotopic (exact) mass is 390 g/mol. The standard InChI is InChI=1S/C18H17F3N6O/c19-18(20,21)13-4-3-5-14(12-13)24-17(28)23-9-8-22-15-6-7-16(26-25-15)27-10-1-2-11-27/h1-7,10-12H,8-9H2,(H,22,25)(H2,23,24,28). The van der Waals surface area contributed by atoms with Crippen LogP contribution in [0.3, 0.4) is 0 Å². The molecule has 3 rings (SSSR count). The van der Waals surface area contributed by atoms with E-state index in [9.17, 15) is 18.0 Å². The Morgan fingerprint density at radius 3 is 2.46 bits per heavy atom. The highest BCUT2D eigenvalue weighted by Crippen LogP contribution is 2.30. The van der Waals surface area contributed by atoms with E-state index in [1.165, 1.54) is 12.1 Å². The fourth-order valence-corrected chi connectivity index (χ4v) is 2.36. The van der Waals surface area contributed by atoms with Gasteiger partial charge < -0.3 is 20.5 Å². The molecule has 146 valence electrons. The summed E-state index contributed by atoms with van der Waals surface area (Å²) in [7, 11) is 0. The second kappa shape index (κ2) is 8.42. The van der Waals surface area contributed by atoms with E-state index in [1.54, 1.807) is 12.1 Å². The third kappa shape index (κ3) is 5.22. The molecule has 2 aromatic heterocycles. The van der Waals surface area contributed by atoms with Crippen molar-refractivity contribution < 1.29 is 18.0 Å². The molecule has 2 heterocycles. The molecule has 0 saturated heterocycles. The van der Waals surface area contributed by atoms with Crippen molar-refractivity contribution in [1.82, 2.24) is 20.1 Å². The lowest BCUT2D eigenvalue weighted by atomic mass is 10.2. The number of urea groups is 1. The second-order valence-electron chi connectivity index (χ2n) is 5.75. The van der Waals surface area contributed by atoms with E-state index < -0.39 is 17.8 Å². The molecule has 0 unspecified atom stereocenters. The first-order chi connectivity index (χ1) is 13.4. The Balaban J connectivity index is 1.42. The average Bonchev–Trinajstić information content (AvgIpc) is 3.20. The summed E-state index contributed by atoms with van der Waals surface area (Å²) in [5.41, 5.74) is -0.763. The summed E-state index contributed by atoms with van der Waals surface area (Å²) in [6, 6.07) is 11.1. The van der Waals surface area contributed by atoms with Crippen LogP contribution in [0.2, 0.25) is 0 Å². The quantitative estimate of drug-likeness (QED) is 0.563. The molecule has 28 heavy (non-hydrogen) atoms. The lowest BCUT2D eigenvalue weighted by Crippen LogP contribution is -2.32. The first kappa shape index (κ1) is 19.2. The van der Waals surface area contributed by atoms with Crippen molar-refractivity contribution in [3.63, 3.8) is 0 Å². The zero-order valence-electron chi connectivity index (χ0n) is 14.6. The minimum Gasteiger partial charge on any atom is -0.367 e. The van der Waals surface area contributed by atoms with Crippen molar-refractivity contribution in [3.8, 4) is 5.82 Å². The number of nitrogens with one attached hydrogen (secondary N) is 3. The van der Waals surface area contributed by atoms with Crippen LogP contribution in [0.5, 0.6) is 0 Å². The Kier molecular flexibility index (Phi) is 5.78. The number of nitrogens with zero attached hydrogens (tertiary/aromatic N) is 3. The van der Waals surface area contributed by atoms with Crippen LogP contribution in [-0.4, -0.2) is 33.9 Å². The fourth-order valence-electron chi connectivity index (χ4n) is 2.36. The van der Waals surface area contributed by atoms with Gasteiger partial charge in [0, 0.05) is 31.2 Å². The van der Waals surface area contributed by atoms with E-state index >= 15 is 0 Å². The van der Waals surface area contributed by atoms with Crippen LogP contribution in [0.4, 0.5) is 29.5 Å². The van der Waals surface area contributed by atoms with Crippen LogP contribution >= 0.6 is 0 Å². The van der Waals surface area contributed by atoms with Gasteiger partial charge in [-0.15, -0.1) is 10.2 Å². The Morgan fingerprint density at radius 2 is 1.79 bits per heavy atom. The normalized spacial score (nSPS) is 11.1. The predicted octanol–water partition coefficient (Wildman–Crippen LogP) is 3.52. The molecule has 0 aliphatic heterocycles. The van der Waals surface area contributed by atoms with Crippen molar-refractivity contribution in [2.75, 3.05) is 23.7 Å². The minimum atomic E-state index is -4.46. The van der Waals surface area contributed by atoms with Crippen molar-refractivity contribution >= 4 is 17.5 Å².